The first kappa shape index (κ1) is 27.4. The highest BCUT2D eigenvalue weighted by Crippen LogP contribution is 2.37. The van der Waals surface area contributed by atoms with E-state index in [4.69, 9.17) is 27.9 Å². The Labute approximate surface area is 225 Å². The van der Waals surface area contributed by atoms with Gasteiger partial charge in [0.2, 0.25) is 11.8 Å². The third-order valence-electron chi connectivity index (χ3n) is 6.72. The van der Waals surface area contributed by atoms with Crippen molar-refractivity contribution in [3.8, 4) is 5.75 Å². The second-order valence-corrected chi connectivity index (χ2v) is 10.2. The lowest BCUT2D eigenvalue weighted by Gasteiger charge is -2.31. The van der Waals surface area contributed by atoms with Crippen molar-refractivity contribution < 1.29 is 28.6 Å². The highest BCUT2D eigenvalue weighted by Gasteiger charge is 2.35. The summed E-state index contributed by atoms with van der Waals surface area (Å²) in [5.41, 5.74) is 1.61. The Morgan fingerprint density at radius 2 is 1.84 bits per heavy atom. The molecule has 4 rings (SSSR count). The minimum absolute atomic E-state index is 0.0122. The van der Waals surface area contributed by atoms with Gasteiger partial charge in [0.1, 0.15) is 18.2 Å². The summed E-state index contributed by atoms with van der Waals surface area (Å²) in [6, 6.07) is 9.85. The van der Waals surface area contributed by atoms with Gasteiger partial charge in [0.25, 0.3) is 0 Å². The molecule has 1 aliphatic carbocycles. The van der Waals surface area contributed by atoms with Crippen molar-refractivity contribution >= 4 is 41.0 Å². The molecule has 0 bridgehead atoms. The number of benzene rings is 2. The molecule has 1 atom stereocenters. The van der Waals surface area contributed by atoms with E-state index in [1.807, 2.05) is 12.1 Å². The molecule has 2 aliphatic rings. The van der Waals surface area contributed by atoms with E-state index in [0.29, 0.717) is 22.9 Å². The number of likely N-dealkylation sites (tertiary alicyclic amines) is 1. The van der Waals surface area contributed by atoms with Gasteiger partial charge in [0.15, 0.2) is 0 Å². The minimum Gasteiger partial charge on any atom is -0.490 e. The number of imide groups is 1. The van der Waals surface area contributed by atoms with Crippen molar-refractivity contribution in [3.63, 3.8) is 0 Å². The summed E-state index contributed by atoms with van der Waals surface area (Å²) in [4.78, 5) is 38.4. The summed E-state index contributed by atoms with van der Waals surface area (Å²) in [6.45, 7) is 1.02. The van der Waals surface area contributed by atoms with E-state index in [1.54, 1.807) is 12.1 Å². The average Bonchev–Trinajstić information content (AvgIpc) is 3.64. The number of aliphatic carboxylic acids is 1. The zero-order valence-corrected chi connectivity index (χ0v) is 21.8. The Bertz CT molecular complexity index is 1160. The second kappa shape index (κ2) is 12.2. The maximum atomic E-state index is 14.1. The van der Waals surface area contributed by atoms with Gasteiger partial charge in [-0.3, -0.25) is 24.2 Å². The Balaban J connectivity index is 1.34. The number of nitrogens with zero attached hydrogens (tertiary/aromatic N) is 2. The van der Waals surface area contributed by atoms with Gasteiger partial charge in [-0.25, -0.2) is 4.39 Å². The fourth-order valence-electron chi connectivity index (χ4n) is 4.71. The van der Waals surface area contributed by atoms with Crippen LogP contribution in [-0.2, 0) is 20.8 Å². The number of amides is 2. The lowest BCUT2D eigenvalue weighted by Crippen LogP contribution is -2.33. The number of carboxylic acid groups (broad SMARTS) is 1. The number of carboxylic acids is 1. The molecule has 2 amide bonds. The zero-order valence-electron chi connectivity index (χ0n) is 20.3. The molecule has 10 heteroatoms. The first-order valence-corrected chi connectivity index (χ1v) is 13.2. The molecule has 2 aromatic carbocycles. The topological polar surface area (TPSA) is 87.2 Å². The van der Waals surface area contributed by atoms with E-state index in [-0.39, 0.29) is 55.3 Å². The molecule has 0 spiro atoms. The summed E-state index contributed by atoms with van der Waals surface area (Å²) in [6.07, 6.45) is 3.83. The summed E-state index contributed by atoms with van der Waals surface area (Å²) >= 11 is 12.2. The molecule has 1 saturated heterocycles. The van der Waals surface area contributed by atoms with Crippen LogP contribution in [0.3, 0.4) is 0 Å². The third kappa shape index (κ3) is 7.21. The summed E-state index contributed by atoms with van der Waals surface area (Å²) in [5.74, 6) is -1.37. The molecule has 0 unspecified atom stereocenters. The van der Waals surface area contributed by atoms with Crippen LogP contribution in [0.2, 0.25) is 10.0 Å². The number of halogens is 3. The smallest absolute Gasteiger partial charge is 0.305 e. The maximum Gasteiger partial charge on any atom is 0.305 e. The molecule has 1 aliphatic heterocycles. The van der Waals surface area contributed by atoms with Crippen LogP contribution in [0, 0.1) is 5.82 Å². The van der Waals surface area contributed by atoms with Gasteiger partial charge in [-0.2, -0.15) is 0 Å². The molecule has 7 nitrogen and oxygen atoms in total. The van der Waals surface area contributed by atoms with E-state index >= 15 is 0 Å². The monoisotopic (exact) mass is 550 g/mol. The third-order valence-corrected chi connectivity index (χ3v) is 7.32. The average molecular weight is 551 g/mol. The second-order valence-electron chi connectivity index (χ2n) is 9.41. The highest BCUT2D eigenvalue weighted by molar-refractivity contribution is 6.32. The van der Waals surface area contributed by atoms with Crippen molar-refractivity contribution in [1.29, 1.82) is 0 Å². The number of hydrogen-bond donors (Lipinski definition) is 1. The Morgan fingerprint density at radius 3 is 2.46 bits per heavy atom. The number of ether oxygens (including phenoxy) is 1. The van der Waals surface area contributed by atoms with Crippen LogP contribution >= 0.6 is 23.2 Å². The van der Waals surface area contributed by atoms with E-state index < -0.39 is 17.8 Å². The molecule has 198 valence electrons. The van der Waals surface area contributed by atoms with Crippen LogP contribution in [0.5, 0.6) is 5.75 Å². The van der Waals surface area contributed by atoms with Gasteiger partial charge < -0.3 is 9.84 Å². The van der Waals surface area contributed by atoms with Crippen molar-refractivity contribution in [2.45, 2.75) is 57.0 Å². The predicted octanol–water partition coefficient (Wildman–Crippen LogP) is 5.27. The minimum atomic E-state index is -0.938. The van der Waals surface area contributed by atoms with Crippen LogP contribution < -0.4 is 4.74 Å². The Hall–Kier alpha value is -2.68. The fraction of sp³-hybridized carbons (Fsp3) is 0.444. The highest BCUT2D eigenvalue weighted by atomic mass is 35.5. The number of hydrogen-bond acceptors (Lipinski definition) is 5. The number of aryl methyl sites for hydroxylation is 1. The lowest BCUT2D eigenvalue weighted by molar-refractivity contribution is -0.140. The van der Waals surface area contributed by atoms with Gasteiger partial charge in [-0.15, -0.1) is 0 Å². The van der Waals surface area contributed by atoms with Crippen LogP contribution in [0.15, 0.2) is 36.4 Å². The Kier molecular flexibility index (Phi) is 9.05. The van der Waals surface area contributed by atoms with Gasteiger partial charge in [-0.05, 0) is 67.6 Å². The predicted molar refractivity (Wildman–Crippen MR) is 137 cm³/mol. The number of carbonyl (C=O) groups excluding carboxylic acids is 2. The summed E-state index contributed by atoms with van der Waals surface area (Å²) < 4.78 is 19.8. The summed E-state index contributed by atoms with van der Waals surface area (Å²) in [5, 5.41) is 9.97. The Morgan fingerprint density at radius 1 is 1.11 bits per heavy atom. The molecular weight excluding hydrogens is 522 g/mol. The molecular formula is C27H29Cl2FN2O5. The normalized spacial score (nSPS) is 16.5. The van der Waals surface area contributed by atoms with Crippen molar-refractivity contribution in [1.82, 2.24) is 9.80 Å². The van der Waals surface area contributed by atoms with E-state index in [9.17, 15) is 23.9 Å². The number of rotatable bonds is 13. The molecule has 2 aromatic rings. The molecule has 1 N–H and O–H groups in total. The molecule has 0 aromatic heterocycles. The maximum absolute atomic E-state index is 14.1. The van der Waals surface area contributed by atoms with Gasteiger partial charge in [0, 0.05) is 24.9 Å². The first-order chi connectivity index (χ1) is 17.7. The van der Waals surface area contributed by atoms with Crippen LogP contribution in [0.25, 0.3) is 0 Å². The van der Waals surface area contributed by atoms with E-state index in [1.165, 1.54) is 17.0 Å². The fourth-order valence-corrected chi connectivity index (χ4v) is 5.09. The van der Waals surface area contributed by atoms with Crippen molar-refractivity contribution in [2.75, 3.05) is 19.7 Å². The van der Waals surface area contributed by atoms with Crippen molar-refractivity contribution in [2.24, 2.45) is 0 Å². The first-order valence-electron chi connectivity index (χ1n) is 12.4. The lowest BCUT2D eigenvalue weighted by atomic mass is 10.0. The quantitative estimate of drug-likeness (QED) is 0.342. The van der Waals surface area contributed by atoms with Crippen molar-refractivity contribution in [3.05, 3.63) is 63.4 Å². The van der Waals surface area contributed by atoms with Crippen LogP contribution in [0.1, 0.15) is 55.7 Å². The van der Waals surface area contributed by atoms with Gasteiger partial charge in [-0.1, -0.05) is 35.3 Å². The molecule has 0 radical (unpaired) electrons. The summed E-state index contributed by atoms with van der Waals surface area (Å²) in [7, 11) is 0. The van der Waals surface area contributed by atoms with E-state index in [0.717, 1.165) is 31.2 Å². The molecule has 1 heterocycles. The largest absolute Gasteiger partial charge is 0.490 e. The molecule has 37 heavy (non-hydrogen) atoms. The standard InChI is InChI=1S/C27H29Cl2FN2O5/c28-20-7-4-18(15-22(20)30)23(16-27(35)36)31(19-5-6-19)11-1-2-17-3-8-24(21(29)14-17)37-13-12-32-25(33)9-10-26(32)34/h3-4,7-8,14-15,19,23H,1-2,5-6,9-13,16H2,(H,35,36)/t23-/m0/s1. The van der Waals surface area contributed by atoms with Gasteiger partial charge >= 0.3 is 5.97 Å². The molecule has 2 fully saturated rings. The van der Waals surface area contributed by atoms with Crippen LogP contribution in [-0.4, -0.2) is 58.4 Å². The van der Waals surface area contributed by atoms with Gasteiger partial charge in [0.05, 0.1) is 23.0 Å². The number of carbonyl (C=O) groups is 3. The molecule has 1 saturated carbocycles. The SMILES string of the molecule is O=C(O)C[C@@H](c1ccc(Cl)c(F)c1)N(CCCc1ccc(OCCN2C(=O)CCC2=O)c(Cl)c1)C1CC1. The van der Waals surface area contributed by atoms with E-state index in [2.05, 4.69) is 4.90 Å². The zero-order chi connectivity index (χ0) is 26.5. The van der Waals surface area contributed by atoms with Crippen LogP contribution in [0.4, 0.5) is 4.39 Å².